The first-order valence-corrected chi connectivity index (χ1v) is 10.8. The molecule has 0 bridgehead atoms. The van der Waals surface area contributed by atoms with Crippen molar-refractivity contribution in [1.29, 1.82) is 0 Å². The van der Waals surface area contributed by atoms with Gasteiger partial charge in [0.05, 0.1) is 28.3 Å². The fourth-order valence-electron chi connectivity index (χ4n) is 2.62. The van der Waals surface area contributed by atoms with Crippen molar-refractivity contribution in [2.45, 2.75) is 11.3 Å². The Morgan fingerprint density at radius 3 is 2.31 bits per heavy atom. The van der Waals surface area contributed by atoms with Crippen LogP contribution in [0.25, 0.3) is 0 Å². The van der Waals surface area contributed by atoms with E-state index in [-0.39, 0.29) is 15.8 Å². The molecule has 0 aliphatic heterocycles. The molecule has 158 valence electrons. The van der Waals surface area contributed by atoms with Crippen LogP contribution < -0.4 is 14.4 Å². The quantitative estimate of drug-likeness (QED) is 0.608. The largest absolute Gasteiger partial charge is 0.497 e. The normalized spacial score (nSPS) is 11.4. The van der Waals surface area contributed by atoms with Crippen molar-refractivity contribution in [3.63, 3.8) is 0 Å². The summed E-state index contributed by atoms with van der Waals surface area (Å²) >= 11 is 6.26. The summed E-state index contributed by atoms with van der Waals surface area (Å²) in [7, 11) is 3.10. The van der Waals surface area contributed by atoms with Gasteiger partial charge >= 0.3 is 0 Å². The van der Waals surface area contributed by atoms with Crippen molar-refractivity contribution in [1.82, 2.24) is 10.2 Å². The number of rotatable bonds is 9. The fourth-order valence-corrected chi connectivity index (χ4v) is 4.07. The Balaban J connectivity index is 2.14. The van der Waals surface area contributed by atoms with Crippen LogP contribution >= 0.6 is 11.6 Å². The standard InChI is InChI=1S/C20H26ClN3O4S/c1-23(2)13-5-12-22-20(25)18-11-6-15(14-19(18)21)24(3)29(26,27)17-9-7-16(28-4)8-10-17/h6-11,14H,5,12-13H2,1-4H3,(H,22,25). The SMILES string of the molecule is COc1ccc(S(=O)(=O)N(C)c2ccc(C(=O)NCCCN(C)C)c(Cl)c2)cc1. The number of hydrogen-bond donors (Lipinski definition) is 1. The molecule has 0 saturated heterocycles. The number of anilines is 1. The topological polar surface area (TPSA) is 79.0 Å². The Bertz CT molecular complexity index is 947. The van der Waals surface area contributed by atoms with Crippen molar-refractivity contribution < 1.29 is 17.9 Å². The number of benzene rings is 2. The first-order valence-electron chi connectivity index (χ1n) is 9.02. The van der Waals surface area contributed by atoms with Gasteiger partial charge in [0.15, 0.2) is 0 Å². The maximum absolute atomic E-state index is 12.9. The highest BCUT2D eigenvalue weighted by molar-refractivity contribution is 7.92. The van der Waals surface area contributed by atoms with Crippen LogP contribution in [0, 0.1) is 0 Å². The zero-order valence-corrected chi connectivity index (χ0v) is 18.5. The second kappa shape index (κ2) is 9.96. The van der Waals surface area contributed by atoms with Gasteiger partial charge in [0.1, 0.15) is 5.75 Å². The number of carbonyl (C=O) groups excluding carboxylic acids is 1. The molecule has 0 aliphatic carbocycles. The van der Waals surface area contributed by atoms with Crippen LogP contribution in [0.5, 0.6) is 5.75 Å². The molecular weight excluding hydrogens is 414 g/mol. The molecule has 2 rings (SSSR count). The highest BCUT2D eigenvalue weighted by Crippen LogP contribution is 2.28. The predicted octanol–water partition coefficient (Wildman–Crippen LogP) is 2.86. The molecule has 0 heterocycles. The van der Waals surface area contributed by atoms with Gasteiger partial charge in [-0.2, -0.15) is 0 Å². The highest BCUT2D eigenvalue weighted by atomic mass is 35.5. The summed E-state index contributed by atoms with van der Waals surface area (Å²) in [5, 5.41) is 3.00. The van der Waals surface area contributed by atoms with Crippen molar-refractivity contribution in [3.8, 4) is 5.75 Å². The Hall–Kier alpha value is -2.29. The van der Waals surface area contributed by atoms with E-state index in [9.17, 15) is 13.2 Å². The van der Waals surface area contributed by atoms with E-state index < -0.39 is 10.0 Å². The number of ether oxygens (including phenoxy) is 1. The van der Waals surface area contributed by atoms with E-state index in [0.29, 0.717) is 23.5 Å². The summed E-state index contributed by atoms with van der Waals surface area (Å²) in [5.74, 6) is 0.275. The summed E-state index contributed by atoms with van der Waals surface area (Å²) < 4.78 is 31.9. The Morgan fingerprint density at radius 1 is 1.10 bits per heavy atom. The average Bonchev–Trinajstić information content (AvgIpc) is 2.70. The van der Waals surface area contributed by atoms with Crippen molar-refractivity contribution in [2.24, 2.45) is 0 Å². The molecule has 1 amide bonds. The van der Waals surface area contributed by atoms with Crippen LogP contribution in [0.15, 0.2) is 47.4 Å². The highest BCUT2D eigenvalue weighted by Gasteiger charge is 2.22. The Kier molecular flexibility index (Phi) is 7.89. The maximum Gasteiger partial charge on any atom is 0.264 e. The van der Waals surface area contributed by atoms with Gasteiger partial charge in [0, 0.05) is 13.6 Å². The number of nitrogens with zero attached hydrogens (tertiary/aromatic N) is 2. The molecule has 0 saturated carbocycles. The molecular formula is C20H26ClN3O4S. The van der Waals surface area contributed by atoms with Gasteiger partial charge in [-0.1, -0.05) is 11.6 Å². The molecule has 7 nitrogen and oxygen atoms in total. The van der Waals surface area contributed by atoms with Gasteiger partial charge in [0.2, 0.25) is 0 Å². The predicted molar refractivity (Wildman–Crippen MR) is 116 cm³/mol. The molecule has 0 fully saturated rings. The molecule has 0 aromatic heterocycles. The summed E-state index contributed by atoms with van der Waals surface area (Å²) in [4.78, 5) is 14.5. The summed E-state index contributed by atoms with van der Waals surface area (Å²) in [5.41, 5.74) is 0.658. The molecule has 9 heteroatoms. The van der Waals surface area contributed by atoms with Crippen LogP contribution in [0.4, 0.5) is 5.69 Å². The van der Waals surface area contributed by atoms with E-state index in [1.54, 1.807) is 18.2 Å². The third kappa shape index (κ3) is 5.85. The van der Waals surface area contributed by atoms with Crippen LogP contribution in [-0.4, -0.2) is 60.6 Å². The van der Waals surface area contributed by atoms with E-state index in [1.165, 1.54) is 38.4 Å². The minimum absolute atomic E-state index is 0.125. The van der Waals surface area contributed by atoms with E-state index in [0.717, 1.165) is 17.3 Å². The molecule has 0 aliphatic rings. The average molecular weight is 440 g/mol. The minimum atomic E-state index is -3.78. The van der Waals surface area contributed by atoms with Gasteiger partial charge in [-0.3, -0.25) is 9.10 Å². The zero-order valence-electron chi connectivity index (χ0n) is 17.0. The third-order valence-corrected chi connectivity index (χ3v) is 6.46. The molecule has 29 heavy (non-hydrogen) atoms. The number of sulfonamides is 1. The lowest BCUT2D eigenvalue weighted by Gasteiger charge is -2.20. The Labute approximate surface area is 177 Å². The van der Waals surface area contributed by atoms with Gasteiger partial charge in [-0.15, -0.1) is 0 Å². The van der Waals surface area contributed by atoms with Gasteiger partial charge in [-0.25, -0.2) is 8.42 Å². The van der Waals surface area contributed by atoms with Crippen molar-refractivity contribution >= 4 is 33.2 Å². The minimum Gasteiger partial charge on any atom is -0.497 e. The number of carbonyl (C=O) groups is 1. The summed E-state index contributed by atoms with van der Waals surface area (Å²) in [6, 6.07) is 10.7. The van der Waals surface area contributed by atoms with Crippen molar-refractivity contribution in [3.05, 3.63) is 53.1 Å². The third-order valence-electron chi connectivity index (χ3n) is 4.35. The van der Waals surface area contributed by atoms with Gasteiger partial charge < -0.3 is 15.0 Å². The lowest BCUT2D eigenvalue weighted by molar-refractivity contribution is 0.0952. The first-order chi connectivity index (χ1) is 13.7. The summed E-state index contributed by atoms with van der Waals surface area (Å²) in [6.07, 6.45) is 0.817. The van der Waals surface area contributed by atoms with E-state index in [2.05, 4.69) is 5.32 Å². The lowest BCUT2D eigenvalue weighted by atomic mass is 10.2. The molecule has 0 unspecified atom stereocenters. The Morgan fingerprint density at radius 2 is 1.76 bits per heavy atom. The number of nitrogens with one attached hydrogen (secondary N) is 1. The van der Waals surface area contributed by atoms with E-state index in [1.807, 2.05) is 19.0 Å². The maximum atomic E-state index is 12.9. The molecule has 1 N–H and O–H groups in total. The molecule has 0 spiro atoms. The van der Waals surface area contributed by atoms with Gasteiger partial charge in [0.25, 0.3) is 15.9 Å². The number of methoxy groups -OCH3 is 1. The molecule has 2 aromatic rings. The van der Waals surface area contributed by atoms with Crippen molar-refractivity contribution in [2.75, 3.05) is 45.6 Å². The van der Waals surface area contributed by atoms with Crippen LogP contribution in [0.1, 0.15) is 16.8 Å². The second-order valence-electron chi connectivity index (χ2n) is 6.72. The molecule has 2 aromatic carbocycles. The number of halogens is 1. The first kappa shape index (κ1) is 23.0. The zero-order chi connectivity index (χ0) is 21.6. The van der Waals surface area contributed by atoms with Crippen LogP contribution in [0.2, 0.25) is 5.02 Å². The van der Waals surface area contributed by atoms with E-state index in [4.69, 9.17) is 16.3 Å². The second-order valence-corrected chi connectivity index (χ2v) is 9.10. The van der Waals surface area contributed by atoms with Crippen LogP contribution in [-0.2, 0) is 10.0 Å². The number of hydrogen-bond acceptors (Lipinski definition) is 5. The summed E-state index contributed by atoms with van der Waals surface area (Å²) in [6.45, 7) is 1.39. The smallest absolute Gasteiger partial charge is 0.264 e. The number of amides is 1. The molecule has 0 radical (unpaired) electrons. The molecule has 0 atom stereocenters. The van der Waals surface area contributed by atoms with Crippen LogP contribution in [0.3, 0.4) is 0 Å². The lowest BCUT2D eigenvalue weighted by Crippen LogP contribution is -2.28. The van der Waals surface area contributed by atoms with E-state index >= 15 is 0 Å². The van der Waals surface area contributed by atoms with Gasteiger partial charge in [-0.05, 0) is 69.5 Å². The fraction of sp³-hybridized carbons (Fsp3) is 0.350. The monoisotopic (exact) mass is 439 g/mol.